The molecule has 0 aromatic heterocycles. The number of carbonyl (C=O) groups is 3. The van der Waals surface area contributed by atoms with Gasteiger partial charge in [0.05, 0.1) is 6.42 Å². The molecule has 7 fully saturated rings. The van der Waals surface area contributed by atoms with E-state index in [2.05, 4.69) is 58.3 Å². The molecule has 7 aliphatic rings. The van der Waals surface area contributed by atoms with E-state index in [9.17, 15) is 14.4 Å². The fourth-order valence-corrected chi connectivity index (χ4v) is 15.4. The number of Topliss-reactive ketones (excluding diaryl/α,β-unsaturated/α-hetero) is 1. The molecule has 2 aliphatic heterocycles. The number of nitrogens with one attached hydrogen (secondary N) is 1. The number of likely N-dealkylation sites (tertiary alicyclic amines) is 1. The molecule has 0 radical (unpaired) electrons. The highest BCUT2D eigenvalue weighted by Gasteiger charge is 2.71. The van der Waals surface area contributed by atoms with Gasteiger partial charge in [-0.3, -0.25) is 9.59 Å². The third-order valence-electron chi connectivity index (χ3n) is 17.7. The zero-order valence-corrected chi connectivity index (χ0v) is 33.2. The smallest absolute Gasteiger partial charge is 0.306 e. The van der Waals surface area contributed by atoms with Crippen LogP contribution in [0, 0.1) is 62.1 Å². The number of ketones is 1. The van der Waals surface area contributed by atoms with Crippen molar-refractivity contribution in [2.75, 3.05) is 13.1 Å². The number of allylic oxidation sites excluding steroid dienone is 1. The van der Waals surface area contributed by atoms with E-state index in [1.165, 1.54) is 56.9 Å². The van der Waals surface area contributed by atoms with Crippen molar-refractivity contribution in [2.24, 2.45) is 62.1 Å². The lowest BCUT2D eigenvalue weighted by atomic mass is 9.32. The standard InChI is InChI=1S/C44H70N2O4.CH4/c1-27(2)31-13-18-44(23-36(48)46-26-29-21-30(46)25-45-29)20-19-42(9)32(38(31)44)11-12-34-41(8)16-15-35(40(6,7)33(41)14-17-43(34,42)10)50-37(49)24-39(4,5)22-28(3)47;/h29-35,38,45H,1,11-26H2,2-10H3;1H4/t29?,30?,31-,32+,33-,34+,35-,38+,41-,42+,43+,44+;/m0./s1. The average Bonchev–Trinajstić information content (AvgIpc) is 3.73. The lowest BCUT2D eigenvalue weighted by Crippen LogP contribution is -2.67. The van der Waals surface area contributed by atoms with Crippen molar-refractivity contribution < 1.29 is 19.1 Å². The molecular weight excluding hydrogens is 633 g/mol. The van der Waals surface area contributed by atoms with Gasteiger partial charge in [0.15, 0.2) is 0 Å². The van der Waals surface area contributed by atoms with Crippen molar-refractivity contribution in [2.45, 2.75) is 178 Å². The summed E-state index contributed by atoms with van der Waals surface area (Å²) in [5.74, 6) is 3.28. The predicted octanol–water partition coefficient (Wildman–Crippen LogP) is 9.55. The van der Waals surface area contributed by atoms with Gasteiger partial charge in [0.25, 0.3) is 0 Å². The van der Waals surface area contributed by atoms with Crippen LogP contribution in [0.3, 0.4) is 0 Å². The van der Waals surface area contributed by atoms with Gasteiger partial charge in [0.1, 0.15) is 11.9 Å². The number of piperazine rings is 1. The number of rotatable bonds is 8. The van der Waals surface area contributed by atoms with E-state index in [0.717, 1.165) is 38.8 Å². The SMILES string of the molecule is C.C=C(C)[C@@H]1CC[C@]2(CC(=O)N3CC4CC3CN4)CC[C@]3(C)[C@H](CC[C@@H]4[C@@]5(C)CC[C@H](OC(=O)CC(C)(C)CC(C)=O)C(C)(C)[C@@H]5CC[C@]43C)[C@@H]12. The number of carbonyl (C=O) groups excluding carboxylic acids is 3. The average molecular weight is 707 g/mol. The van der Waals surface area contributed by atoms with E-state index in [0.29, 0.717) is 54.0 Å². The summed E-state index contributed by atoms with van der Waals surface area (Å²) in [6, 6.07) is 0.906. The van der Waals surface area contributed by atoms with Crippen LogP contribution in [-0.4, -0.2) is 53.8 Å². The van der Waals surface area contributed by atoms with E-state index in [1.807, 2.05) is 13.8 Å². The van der Waals surface area contributed by atoms with Gasteiger partial charge in [-0.2, -0.15) is 0 Å². The molecule has 2 heterocycles. The normalized spacial score (nSPS) is 45.1. The van der Waals surface area contributed by atoms with Crippen LogP contribution in [0.2, 0.25) is 0 Å². The van der Waals surface area contributed by atoms with Gasteiger partial charge in [-0.25, -0.2) is 0 Å². The van der Waals surface area contributed by atoms with Crippen molar-refractivity contribution >= 4 is 17.7 Å². The van der Waals surface area contributed by atoms with Gasteiger partial charge in [-0.15, -0.1) is 0 Å². The molecule has 51 heavy (non-hydrogen) atoms. The van der Waals surface area contributed by atoms with Crippen molar-refractivity contribution in [3.05, 3.63) is 12.2 Å². The summed E-state index contributed by atoms with van der Waals surface area (Å²) in [5.41, 5.74) is 1.68. The number of hydrogen-bond acceptors (Lipinski definition) is 5. The Morgan fingerprint density at radius 1 is 0.863 bits per heavy atom. The monoisotopic (exact) mass is 707 g/mol. The molecule has 2 unspecified atom stereocenters. The Kier molecular flexibility index (Phi) is 9.92. The van der Waals surface area contributed by atoms with E-state index in [-0.39, 0.29) is 64.2 Å². The van der Waals surface area contributed by atoms with E-state index < -0.39 is 0 Å². The maximum atomic E-state index is 14.1. The first-order valence-electron chi connectivity index (χ1n) is 20.6. The summed E-state index contributed by atoms with van der Waals surface area (Å²) < 4.78 is 6.37. The maximum absolute atomic E-state index is 14.1. The summed E-state index contributed by atoms with van der Waals surface area (Å²) in [4.78, 5) is 41.6. The van der Waals surface area contributed by atoms with Crippen molar-refractivity contribution in [3.8, 4) is 0 Å². The highest BCUT2D eigenvalue weighted by molar-refractivity contribution is 5.78. The summed E-state index contributed by atoms with van der Waals surface area (Å²) in [6.07, 6.45) is 14.3. The van der Waals surface area contributed by atoms with Crippen molar-refractivity contribution in [1.29, 1.82) is 0 Å². The summed E-state index contributed by atoms with van der Waals surface area (Å²) in [6.45, 7) is 27.1. The first-order chi connectivity index (χ1) is 23.3. The molecular formula is C45H74N2O4. The van der Waals surface area contributed by atoms with E-state index in [4.69, 9.17) is 4.74 Å². The van der Waals surface area contributed by atoms with Gasteiger partial charge in [0.2, 0.25) is 5.91 Å². The fraction of sp³-hybridized carbons (Fsp3) is 0.889. The molecule has 7 rings (SSSR count). The second kappa shape index (κ2) is 13.0. The third kappa shape index (κ3) is 6.01. The minimum atomic E-state index is -0.379. The van der Waals surface area contributed by atoms with E-state index >= 15 is 0 Å². The maximum Gasteiger partial charge on any atom is 0.306 e. The number of ether oxygens (including phenoxy) is 1. The molecule has 2 saturated heterocycles. The lowest BCUT2D eigenvalue weighted by Gasteiger charge is -2.73. The van der Waals surface area contributed by atoms with E-state index in [1.54, 1.807) is 6.92 Å². The third-order valence-corrected chi connectivity index (χ3v) is 17.7. The van der Waals surface area contributed by atoms with Gasteiger partial charge in [-0.1, -0.05) is 68.0 Å². The first-order valence-corrected chi connectivity index (χ1v) is 20.6. The van der Waals surface area contributed by atoms with Crippen LogP contribution in [-0.2, 0) is 19.1 Å². The number of amides is 1. The Bertz CT molecular complexity index is 1420. The molecule has 288 valence electrons. The van der Waals surface area contributed by atoms with Crippen LogP contribution in [0.25, 0.3) is 0 Å². The zero-order chi connectivity index (χ0) is 36.2. The molecule has 2 bridgehead atoms. The quantitative estimate of drug-likeness (QED) is 0.201. The molecule has 1 N–H and O–H groups in total. The fourth-order valence-electron chi connectivity index (χ4n) is 15.4. The largest absolute Gasteiger partial charge is 0.462 e. The lowest BCUT2D eigenvalue weighted by molar-refractivity contribution is -0.250. The molecule has 6 heteroatoms. The zero-order valence-electron chi connectivity index (χ0n) is 33.2. The summed E-state index contributed by atoms with van der Waals surface area (Å²) in [7, 11) is 0. The minimum absolute atomic E-state index is 0. The highest BCUT2D eigenvalue weighted by Crippen LogP contribution is 2.78. The van der Waals surface area contributed by atoms with Crippen molar-refractivity contribution in [1.82, 2.24) is 10.2 Å². The molecule has 5 saturated carbocycles. The number of fused-ring (bicyclic) bond motifs is 9. The number of esters is 1. The topological polar surface area (TPSA) is 75.7 Å². The second-order valence-corrected chi connectivity index (χ2v) is 21.3. The Labute approximate surface area is 311 Å². The Morgan fingerprint density at radius 2 is 1.59 bits per heavy atom. The molecule has 1 amide bonds. The Morgan fingerprint density at radius 3 is 2.22 bits per heavy atom. The highest BCUT2D eigenvalue weighted by atomic mass is 16.5. The van der Waals surface area contributed by atoms with Gasteiger partial charge < -0.3 is 19.7 Å². The molecule has 6 nitrogen and oxygen atoms in total. The van der Waals surface area contributed by atoms with Gasteiger partial charge in [0, 0.05) is 43.4 Å². The summed E-state index contributed by atoms with van der Waals surface area (Å²) in [5, 5.41) is 3.60. The van der Waals surface area contributed by atoms with Crippen LogP contribution in [0.5, 0.6) is 0 Å². The second-order valence-electron chi connectivity index (χ2n) is 21.3. The van der Waals surface area contributed by atoms with Gasteiger partial charge >= 0.3 is 5.97 Å². The Hall–Kier alpha value is -1.69. The number of nitrogens with zero attached hydrogens (tertiary/aromatic N) is 1. The summed E-state index contributed by atoms with van der Waals surface area (Å²) >= 11 is 0. The van der Waals surface area contributed by atoms with Crippen LogP contribution in [0.1, 0.15) is 160 Å². The van der Waals surface area contributed by atoms with Gasteiger partial charge in [-0.05, 0) is 141 Å². The Balaban J connectivity index is 0.00000448. The first kappa shape index (κ1) is 39.0. The molecule has 5 aliphatic carbocycles. The predicted molar refractivity (Wildman–Crippen MR) is 206 cm³/mol. The number of hydrogen-bond donors (Lipinski definition) is 1. The van der Waals surface area contributed by atoms with Crippen molar-refractivity contribution in [3.63, 3.8) is 0 Å². The van der Waals surface area contributed by atoms with Crippen LogP contribution < -0.4 is 5.32 Å². The minimum Gasteiger partial charge on any atom is -0.462 e. The molecule has 12 atom stereocenters. The molecule has 0 spiro atoms. The van der Waals surface area contributed by atoms with Crippen LogP contribution >= 0.6 is 0 Å². The van der Waals surface area contributed by atoms with Crippen LogP contribution in [0.15, 0.2) is 12.2 Å². The molecule has 0 aromatic rings. The van der Waals surface area contributed by atoms with Crippen LogP contribution in [0.4, 0.5) is 0 Å². The molecule has 0 aromatic carbocycles.